The largest absolute Gasteiger partial charge is 0.493 e. The lowest BCUT2D eigenvalue weighted by Gasteiger charge is -2.14. The van der Waals surface area contributed by atoms with Crippen LogP contribution in [-0.4, -0.2) is 34.6 Å². The number of rotatable bonds is 9. The molecule has 8 heteroatoms. The number of hydrogen-bond donors (Lipinski definition) is 2. The van der Waals surface area contributed by atoms with Crippen molar-refractivity contribution in [3.05, 3.63) is 48.0 Å². The highest BCUT2D eigenvalue weighted by atomic mass is 32.2. The average Bonchev–Trinajstić information content (AvgIpc) is 2.67. The molecule has 0 fully saturated rings. The topological polar surface area (TPSA) is 93.7 Å². The molecule has 0 aliphatic heterocycles. The maximum atomic E-state index is 12.6. The zero-order valence-corrected chi connectivity index (χ0v) is 17.3. The van der Waals surface area contributed by atoms with E-state index in [1.807, 2.05) is 6.92 Å². The van der Waals surface area contributed by atoms with Crippen molar-refractivity contribution in [3.8, 4) is 11.5 Å². The fraction of sp³-hybridized carbons (Fsp3) is 0.350. The molecular formula is C20H26N2O5S. The Hall–Kier alpha value is -2.74. The molecule has 0 spiro atoms. The van der Waals surface area contributed by atoms with Crippen LogP contribution in [0.5, 0.6) is 11.5 Å². The van der Waals surface area contributed by atoms with Crippen LogP contribution in [0.3, 0.4) is 0 Å². The van der Waals surface area contributed by atoms with Crippen molar-refractivity contribution in [1.29, 1.82) is 0 Å². The number of carbonyl (C=O) groups is 1. The normalized spacial score (nSPS) is 12.1. The second-order valence-corrected chi connectivity index (χ2v) is 8.05. The molecule has 28 heavy (non-hydrogen) atoms. The van der Waals surface area contributed by atoms with E-state index in [1.54, 1.807) is 24.3 Å². The molecule has 0 heterocycles. The second kappa shape index (κ2) is 9.45. The third kappa shape index (κ3) is 5.39. The number of ether oxygens (including phenoxy) is 2. The zero-order chi connectivity index (χ0) is 20.7. The molecule has 0 aliphatic carbocycles. The lowest BCUT2D eigenvalue weighted by Crippen LogP contribution is -2.32. The van der Waals surface area contributed by atoms with Gasteiger partial charge in [-0.25, -0.2) is 8.42 Å². The lowest BCUT2D eigenvalue weighted by atomic mass is 10.1. The Morgan fingerprint density at radius 3 is 2.25 bits per heavy atom. The van der Waals surface area contributed by atoms with Crippen LogP contribution in [0.25, 0.3) is 0 Å². The first kappa shape index (κ1) is 21.6. The molecule has 2 rings (SSSR count). The van der Waals surface area contributed by atoms with E-state index in [2.05, 4.69) is 17.0 Å². The highest BCUT2D eigenvalue weighted by molar-refractivity contribution is 7.92. The molecule has 1 amide bonds. The van der Waals surface area contributed by atoms with Gasteiger partial charge >= 0.3 is 0 Å². The van der Waals surface area contributed by atoms with Crippen LogP contribution in [0.15, 0.2) is 47.4 Å². The Labute approximate surface area is 166 Å². The molecule has 1 atom stereocenters. The fourth-order valence-electron chi connectivity index (χ4n) is 2.70. The molecule has 2 aromatic carbocycles. The summed E-state index contributed by atoms with van der Waals surface area (Å²) in [6.45, 7) is 4.01. The predicted molar refractivity (Wildman–Crippen MR) is 109 cm³/mol. The predicted octanol–water partition coefficient (Wildman–Crippen LogP) is 3.42. The van der Waals surface area contributed by atoms with Crippen LogP contribution >= 0.6 is 0 Å². The van der Waals surface area contributed by atoms with E-state index in [0.717, 1.165) is 12.8 Å². The van der Waals surface area contributed by atoms with Crippen LogP contribution < -0.4 is 19.5 Å². The first-order chi connectivity index (χ1) is 13.3. The summed E-state index contributed by atoms with van der Waals surface area (Å²) in [5.74, 6) is 0.572. The van der Waals surface area contributed by atoms with Gasteiger partial charge in [0.15, 0.2) is 11.5 Å². The van der Waals surface area contributed by atoms with Crippen molar-refractivity contribution >= 4 is 21.6 Å². The van der Waals surface area contributed by atoms with Crippen LogP contribution in [0.2, 0.25) is 0 Å². The Morgan fingerprint density at radius 2 is 1.68 bits per heavy atom. The van der Waals surface area contributed by atoms with Gasteiger partial charge in [-0.05, 0) is 49.7 Å². The van der Waals surface area contributed by atoms with Gasteiger partial charge in [-0.15, -0.1) is 0 Å². The minimum atomic E-state index is -3.82. The van der Waals surface area contributed by atoms with Crippen molar-refractivity contribution in [2.24, 2.45) is 0 Å². The third-order valence-corrected chi connectivity index (χ3v) is 5.54. The summed E-state index contributed by atoms with van der Waals surface area (Å²) >= 11 is 0. The zero-order valence-electron chi connectivity index (χ0n) is 16.5. The third-order valence-electron chi connectivity index (χ3n) is 4.16. The van der Waals surface area contributed by atoms with Gasteiger partial charge < -0.3 is 14.8 Å². The number of benzene rings is 2. The number of carbonyl (C=O) groups excluding carboxylic acids is 1. The molecule has 0 aromatic heterocycles. The van der Waals surface area contributed by atoms with Gasteiger partial charge in [-0.1, -0.05) is 13.3 Å². The van der Waals surface area contributed by atoms with Crippen LogP contribution in [0, 0.1) is 0 Å². The van der Waals surface area contributed by atoms with E-state index in [1.165, 1.54) is 32.4 Å². The summed E-state index contributed by atoms with van der Waals surface area (Å²) in [6, 6.07) is 10.7. The summed E-state index contributed by atoms with van der Waals surface area (Å²) in [5.41, 5.74) is 0.824. The molecule has 2 N–H and O–H groups in total. The molecule has 0 saturated heterocycles. The first-order valence-electron chi connectivity index (χ1n) is 8.96. The summed E-state index contributed by atoms with van der Waals surface area (Å²) in [6.07, 6.45) is 1.88. The maximum absolute atomic E-state index is 12.6. The number of sulfonamides is 1. The number of amides is 1. The van der Waals surface area contributed by atoms with Crippen molar-refractivity contribution in [2.45, 2.75) is 37.6 Å². The molecule has 0 unspecified atom stereocenters. The van der Waals surface area contributed by atoms with E-state index in [-0.39, 0.29) is 16.8 Å². The Kier molecular flexibility index (Phi) is 7.28. The van der Waals surface area contributed by atoms with E-state index >= 15 is 0 Å². The van der Waals surface area contributed by atoms with Crippen LogP contribution in [0.1, 0.15) is 37.0 Å². The number of methoxy groups -OCH3 is 2. The minimum absolute atomic E-state index is 0.0420. The summed E-state index contributed by atoms with van der Waals surface area (Å²) in [7, 11) is -0.902. The highest BCUT2D eigenvalue weighted by Crippen LogP contribution is 2.30. The molecule has 0 radical (unpaired) electrons. The quantitative estimate of drug-likeness (QED) is 0.665. The molecule has 0 bridgehead atoms. The first-order valence-corrected chi connectivity index (χ1v) is 10.4. The molecule has 152 valence electrons. The molecule has 2 aromatic rings. The fourth-order valence-corrected chi connectivity index (χ4v) is 3.77. The molecule has 7 nitrogen and oxygen atoms in total. The Balaban J connectivity index is 2.13. The van der Waals surface area contributed by atoms with Crippen molar-refractivity contribution in [2.75, 3.05) is 18.9 Å². The van der Waals surface area contributed by atoms with Gasteiger partial charge in [-0.3, -0.25) is 9.52 Å². The van der Waals surface area contributed by atoms with E-state index in [9.17, 15) is 13.2 Å². The molecule has 0 aliphatic rings. The molecule has 0 saturated carbocycles. The lowest BCUT2D eigenvalue weighted by molar-refractivity contribution is 0.0938. The van der Waals surface area contributed by atoms with Gasteiger partial charge in [0.25, 0.3) is 15.9 Å². The second-order valence-electron chi connectivity index (χ2n) is 6.36. The van der Waals surface area contributed by atoms with Gasteiger partial charge in [0.2, 0.25) is 0 Å². The summed E-state index contributed by atoms with van der Waals surface area (Å²) < 4.78 is 38.0. The van der Waals surface area contributed by atoms with E-state index < -0.39 is 10.0 Å². The standard InChI is InChI=1S/C20H26N2O5S/c1-5-6-14(2)21-20(23)15-7-9-16(10-8-15)22-28(24,25)17-11-12-18(26-3)19(13-17)27-4/h7-14,22H,5-6H2,1-4H3,(H,21,23)/t14-/m1/s1. The van der Waals surface area contributed by atoms with Crippen LogP contribution in [0.4, 0.5) is 5.69 Å². The van der Waals surface area contributed by atoms with E-state index in [0.29, 0.717) is 22.7 Å². The number of hydrogen-bond acceptors (Lipinski definition) is 5. The number of anilines is 1. The van der Waals surface area contributed by atoms with E-state index in [4.69, 9.17) is 9.47 Å². The van der Waals surface area contributed by atoms with Crippen molar-refractivity contribution in [3.63, 3.8) is 0 Å². The van der Waals surface area contributed by atoms with Gasteiger partial charge in [0.05, 0.1) is 19.1 Å². The van der Waals surface area contributed by atoms with Gasteiger partial charge in [0.1, 0.15) is 0 Å². The Bertz CT molecular complexity index is 911. The monoisotopic (exact) mass is 406 g/mol. The smallest absolute Gasteiger partial charge is 0.262 e. The SMILES string of the molecule is CCC[C@@H](C)NC(=O)c1ccc(NS(=O)(=O)c2ccc(OC)c(OC)c2)cc1. The highest BCUT2D eigenvalue weighted by Gasteiger charge is 2.17. The summed E-state index contributed by atoms with van der Waals surface area (Å²) in [5, 5.41) is 2.91. The summed E-state index contributed by atoms with van der Waals surface area (Å²) in [4.78, 5) is 12.2. The van der Waals surface area contributed by atoms with Gasteiger partial charge in [0, 0.05) is 23.4 Å². The average molecular weight is 407 g/mol. The number of nitrogens with one attached hydrogen (secondary N) is 2. The van der Waals surface area contributed by atoms with Crippen molar-refractivity contribution in [1.82, 2.24) is 5.32 Å². The molecular weight excluding hydrogens is 380 g/mol. The minimum Gasteiger partial charge on any atom is -0.493 e. The Morgan fingerprint density at radius 1 is 1.04 bits per heavy atom. The van der Waals surface area contributed by atoms with Crippen molar-refractivity contribution < 1.29 is 22.7 Å². The maximum Gasteiger partial charge on any atom is 0.262 e. The van der Waals surface area contributed by atoms with Gasteiger partial charge in [-0.2, -0.15) is 0 Å². The van der Waals surface area contributed by atoms with Crippen LogP contribution in [-0.2, 0) is 10.0 Å².